The summed E-state index contributed by atoms with van der Waals surface area (Å²) in [5.74, 6) is -1.03. The molecule has 0 radical (unpaired) electrons. The highest BCUT2D eigenvalue weighted by Gasteiger charge is 2.69. The Labute approximate surface area is 218 Å². The number of nitrogens with zero attached hydrogens (tertiary/aromatic N) is 2. The van der Waals surface area contributed by atoms with Crippen molar-refractivity contribution in [1.82, 2.24) is 4.90 Å². The first kappa shape index (κ1) is 23.6. The summed E-state index contributed by atoms with van der Waals surface area (Å²) in [6.45, 7) is 0.648. The average Bonchev–Trinajstić information content (AvgIpc) is 3.57. The number of ketones is 1. The molecule has 4 atom stereocenters. The number of carbonyl (C=O) groups excluding carboxylic acids is 2. The van der Waals surface area contributed by atoms with E-state index in [0.29, 0.717) is 34.1 Å². The summed E-state index contributed by atoms with van der Waals surface area (Å²) >= 11 is 6.44. The lowest BCUT2D eigenvalue weighted by atomic mass is 9.68. The predicted molar refractivity (Wildman–Crippen MR) is 138 cm³/mol. The molecule has 0 bridgehead atoms. The molecule has 3 aromatic rings. The number of ether oxygens (including phenoxy) is 1. The SMILES string of the molecule is COc1cccc(C(=O)C2C(c3ccc([N+](=O)[O-])cc3)C3CCCN3[C@@]23C(=O)Nc2ccc(Cl)cc23)c1. The van der Waals surface area contributed by atoms with Crippen LogP contribution in [0.3, 0.4) is 0 Å². The van der Waals surface area contributed by atoms with Gasteiger partial charge in [0.1, 0.15) is 11.3 Å². The third kappa shape index (κ3) is 3.39. The molecule has 0 saturated carbocycles. The van der Waals surface area contributed by atoms with Gasteiger partial charge in [-0.05, 0) is 55.3 Å². The van der Waals surface area contributed by atoms with Crippen molar-refractivity contribution in [3.63, 3.8) is 0 Å². The minimum Gasteiger partial charge on any atom is -0.497 e. The molecular formula is C28H24ClN3O5. The number of rotatable bonds is 5. The van der Waals surface area contributed by atoms with Crippen LogP contribution >= 0.6 is 11.6 Å². The summed E-state index contributed by atoms with van der Waals surface area (Å²) in [7, 11) is 1.54. The second-order valence-corrected chi connectivity index (χ2v) is 10.2. The fourth-order valence-corrected chi connectivity index (χ4v) is 6.85. The second kappa shape index (κ2) is 8.68. The Hall–Kier alpha value is -3.75. The van der Waals surface area contributed by atoms with Gasteiger partial charge in [0.15, 0.2) is 5.78 Å². The van der Waals surface area contributed by atoms with Crippen LogP contribution in [0.2, 0.25) is 5.02 Å². The average molecular weight is 518 g/mol. The topological polar surface area (TPSA) is 102 Å². The lowest BCUT2D eigenvalue weighted by Gasteiger charge is -2.37. The van der Waals surface area contributed by atoms with E-state index in [2.05, 4.69) is 10.2 Å². The first-order valence-electron chi connectivity index (χ1n) is 12.2. The number of nitrogens with one attached hydrogen (secondary N) is 1. The largest absolute Gasteiger partial charge is 0.497 e. The molecular weight excluding hydrogens is 494 g/mol. The Morgan fingerprint density at radius 1 is 1.16 bits per heavy atom. The predicted octanol–water partition coefficient (Wildman–Crippen LogP) is 5.17. The van der Waals surface area contributed by atoms with Gasteiger partial charge in [0, 0.05) is 45.9 Å². The highest BCUT2D eigenvalue weighted by atomic mass is 35.5. The standard InChI is InChI=1S/C28H24ClN3O5/c1-37-20-5-2-4-17(14-20)26(33)25-24(16-7-10-19(11-8-16)32(35)36)23-6-3-13-31(23)28(25)21-15-18(29)9-12-22(21)30-27(28)34/h2,4-5,7-12,14-15,23-25H,3,6,13H2,1H3,(H,30,34)/t23?,24?,25?,28-/m1/s1. The van der Waals surface area contributed by atoms with Crippen LogP contribution in [0.1, 0.15) is 40.2 Å². The van der Waals surface area contributed by atoms with E-state index in [1.165, 1.54) is 12.1 Å². The molecule has 3 aromatic carbocycles. The number of nitro groups is 1. The Bertz CT molecular complexity index is 1440. The van der Waals surface area contributed by atoms with Crippen LogP contribution in [0.25, 0.3) is 0 Å². The number of non-ortho nitro benzene ring substituents is 1. The number of carbonyl (C=O) groups is 2. The van der Waals surface area contributed by atoms with Crippen molar-refractivity contribution in [3.05, 3.63) is 98.6 Å². The number of methoxy groups -OCH3 is 1. The number of benzene rings is 3. The molecule has 3 unspecified atom stereocenters. The van der Waals surface area contributed by atoms with Gasteiger partial charge in [0.25, 0.3) is 5.69 Å². The maximum absolute atomic E-state index is 14.5. The molecule has 1 N–H and O–H groups in total. The van der Waals surface area contributed by atoms with Crippen LogP contribution in [-0.4, -0.2) is 41.2 Å². The fourth-order valence-electron chi connectivity index (χ4n) is 6.68. The van der Waals surface area contributed by atoms with Crippen LogP contribution in [0.15, 0.2) is 66.7 Å². The molecule has 3 heterocycles. The lowest BCUT2D eigenvalue weighted by Crippen LogP contribution is -2.52. The van der Waals surface area contributed by atoms with Gasteiger partial charge in [-0.1, -0.05) is 35.9 Å². The minimum absolute atomic E-state index is 0.0221. The Morgan fingerprint density at radius 3 is 2.68 bits per heavy atom. The van der Waals surface area contributed by atoms with E-state index in [0.717, 1.165) is 18.4 Å². The van der Waals surface area contributed by atoms with Crippen LogP contribution in [0.5, 0.6) is 5.75 Å². The zero-order valence-corrected chi connectivity index (χ0v) is 20.8. The van der Waals surface area contributed by atoms with E-state index in [9.17, 15) is 19.7 Å². The van der Waals surface area contributed by atoms with Gasteiger partial charge >= 0.3 is 0 Å². The van der Waals surface area contributed by atoms with Crippen molar-refractivity contribution >= 4 is 34.7 Å². The first-order chi connectivity index (χ1) is 17.9. The molecule has 0 aliphatic carbocycles. The third-order valence-electron chi connectivity index (χ3n) is 8.09. The van der Waals surface area contributed by atoms with E-state index in [-0.39, 0.29) is 29.3 Å². The zero-order valence-electron chi connectivity index (χ0n) is 20.0. The van der Waals surface area contributed by atoms with Crippen molar-refractivity contribution in [3.8, 4) is 5.75 Å². The van der Waals surface area contributed by atoms with E-state index < -0.39 is 16.4 Å². The summed E-state index contributed by atoms with van der Waals surface area (Å²) in [6, 6.07) is 18.5. The quantitative estimate of drug-likeness (QED) is 0.285. The molecule has 6 rings (SSSR count). The molecule has 1 amide bonds. The summed E-state index contributed by atoms with van der Waals surface area (Å²) in [6.07, 6.45) is 1.67. The number of hydrogen-bond donors (Lipinski definition) is 1. The van der Waals surface area contributed by atoms with Gasteiger partial charge in [-0.2, -0.15) is 0 Å². The van der Waals surface area contributed by atoms with Gasteiger partial charge in [-0.25, -0.2) is 0 Å². The molecule has 2 fully saturated rings. The molecule has 37 heavy (non-hydrogen) atoms. The number of hydrogen-bond acceptors (Lipinski definition) is 6. The monoisotopic (exact) mass is 517 g/mol. The molecule has 2 saturated heterocycles. The van der Waals surface area contributed by atoms with Crippen LogP contribution in [0, 0.1) is 16.0 Å². The van der Waals surface area contributed by atoms with Crippen LogP contribution < -0.4 is 10.1 Å². The number of anilines is 1. The molecule has 3 aliphatic rings. The van der Waals surface area contributed by atoms with E-state index >= 15 is 0 Å². The number of fused-ring (bicyclic) bond motifs is 4. The number of Topliss-reactive ketones (excluding diaryl/α,β-unsaturated/α-hetero) is 1. The van der Waals surface area contributed by atoms with Gasteiger partial charge < -0.3 is 10.1 Å². The Morgan fingerprint density at radius 2 is 1.95 bits per heavy atom. The summed E-state index contributed by atoms with van der Waals surface area (Å²) in [4.78, 5) is 41.6. The van der Waals surface area contributed by atoms with Crippen molar-refractivity contribution in [2.75, 3.05) is 19.0 Å². The third-order valence-corrected chi connectivity index (χ3v) is 8.32. The molecule has 1 spiro atoms. The number of halogens is 1. The van der Waals surface area contributed by atoms with Crippen molar-refractivity contribution in [1.29, 1.82) is 0 Å². The summed E-state index contributed by atoms with van der Waals surface area (Å²) in [5, 5.41) is 14.8. The maximum atomic E-state index is 14.5. The van der Waals surface area contributed by atoms with E-state index in [4.69, 9.17) is 16.3 Å². The number of nitro benzene ring substituents is 1. The number of amides is 1. The second-order valence-electron chi connectivity index (χ2n) is 9.76. The normalized spacial score (nSPS) is 26.1. The molecule has 8 nitrogen and oxygen atoms in total. The van der Waals surface area contributed by atoms with Gasteiger partial charge in [0.05, 0.1) is 18.0 Å². The maximum Gasteiger partial charge on any atom is 0.269 e. The van der Waals surface area contributed by atoms with Gasteiger partial charge in [0.2, 0.25) is 5.91 Å². The van der Waals surface area contributed by atoms with Crippen molar-refractivity contribution in [2.45, 2.75) is 30.3 Å². The summed E-state index contributed by atoms with van der Waals surface area (Å²) < 4.78 is 5.38. The van der Waals surface area contributed by atoms with E-state index in [1.54, 1.807) is 61.7 Å². The van der Waals surface area contributed by atoms with Crippen LogP contribution in [-0.2, 0) is 10.3 Å². The van der Waals surface area contributed by atoms with Crippen LogP contribution in [0.4, 0.5) is 11.4 Å². The molecule has 3 aliphatic heterocycles. The molecule has 188 valence electrons. The Kier molecular flexibility index (Phi) is 5.54. The zero-order chi connectivity index (χ0) is 25.9. The summed E-state index contributed by atoms with van der Waals surface area (Å²) in [5.41, 5.74) is 1.30. The molecule has 0 aromatic heterocycles. The Balaban J connectivity index is 1.59. The first-order valence-corrected chi connectivity index (χ1v) is 12.5. The van der Waals surface area contributed by atoms with Gasteiger partial charge in [-0.15, -0.1) is 0 Å². The minimum atomic E-state index is -1.26. The van der Waals surface area contributed by atoms with E-state index in [1.807, 2.05) is 0 Å². The van der Waals surface area contributed by atoms with Gasteiger partial charge in [-0.3, -0.25) is 24.6 Å². The van der Waals surface area contributed by atoms with Crippen molar-refractivity contribution < 1.29 is 19.2 Å². The highest BCUT2D eigenvalue weighted by molar-refractivity contribution is 6.31. The smallest absolute Gasteiger partial charge is 0.269 e. The molecule has 9 heteroatoms. The highest BCUT2D eigenvalue weighted by Crippen LogP contribution is 2.61. The fraction of sp³-hybridized carbons (Fsp3) is 0.286. The van der Waals surface area contributed by atoms with Crippen molar-refractivity contribution in [2.24, 2.45) is 5.92 Å². The lowest BCUT2D eigenvalue weighted by molar-refractivity contribution is -0.384.